The second kappa shape index (κ2) is 8.94. The van der Waals surface area contributed by atoms with Crippen LogP contribution in [0, 0.1) is 6.92 Å². The standard InChI is InChI=1S/C21H24N6O3S/c1-13-19(31-12-24-13)16-5-3-15(4-6-16)8-23-20(29)18-7-17(28)9-26(18)21(30)14(2)27-11-22-10-25-27/h3-6,10-12,14,17-18,28H,7-9H2,1-2H3,(H,23,29)/t14?,17-,18+/m1/s1. The third-order valence-electron chi connectivity index (χ3n) is 5.48. The van der Waals surface area contributed by atoms with E-state index in [2.05, 4.69) is 20.4 Å². The maximum absolute atomic E-state index is 12.9. The van der Waals surface area contributed by atoms with Crippen molar-refractivity contribution in [2.24, 2.45) is 0 Å². The number of thiazole rings is 1. The quantitative estimate of drug-likeness (QED) is 0.601. The van der Waals surface area contributed by atoms with Crippen LogP contribution in [0.1, 0.15) is 30.6 Å². The van der Waals surface area contributed by atoms with E-state index in [4.69, 9.17) is 0 Å². The third kappa shape index (κ3) is 4.49. The molecule has 9 nitrogen and oxygen atoms in total. The van der Waals surface area contributed by atoms with Crippen LogP contribution in [0.4, 0.5) is 0 Å². The number of nitrogens with one attached hydrogen (secondary N) is 1. The van der Waals surface area contributed by atoms with Gasteiger partial charge in [-0.15, -0.1) is 11.3 Å². The van der Waals surface area contributed by atoms with Crippen molar-refractivity contribution in [1.29, 1.82) is 0 Å². The van der Waals surface area contributed by atoms with Gasteiger partial charge in [-0.05, 0) is 25.0 Å². The molecule has 0 bridgehead atoms. The Morgan fingerprint density at radius 3 is 2.74 bits per heavy atom. The lowest BCUT2D eigenvalue weighted by Gasteiger charge is -2.26. The minimum atomic E-state index is -0.732. The molecule has 2 N–H and O–H groups in total. The number of nitrogens with zero attached hydrogens (tertiary/aromatic N) is 5. The summed E-state index contributed by atoms with van der Waals surface area (Å²) in [7, 11) is 0. The number of aromatic nitrogens is 4. The van der Waals surface area contributed by atoms with Crippen LogP contribution < -0.4 is 5.32 Å². The molecule has 0 radical (unpaired) electrons. The number of β-amino-alcohol motifs (C(OH)–C–C–N with tert-alkyl or cyclic N) is 1. The van der Waals surface area contributed by atoms with Gasteiger partial charge in [-0.25, -0.2) is 14.6 Å². The van der Waals surface area contributed by atoms with E-state index >= 15 is 0 Å². The highest BCUT2D eigenvalue weighted by molar-refractivity contribution is 7.13. The molecule has 1 aliphatic heterocycles. The van der Waals surface area contributed by atoms with E-state index in [1.807, 2.05) is 36.7 Å². The molecule has 2 aromatic heterocycles. The van der Waals surface area contributed by atoms with E-state index in [9.17, 15) is 14.7 Å². The molecule has 0 saturated carbocycles. The van der Waals surface area contributed by atoms with Crippen LogP contribution in [-0.2, 0) is 16.1 Å². The predicted octanol–water partition coefficient (Wildman–Crippen LogP) is 1.55. The molecule has 1 saturated heterocycles. The first-order valence-corrected chi connectivity index (χ1v) is 10.9. The highest BCUT2D eigenvalue weighted by atomic mass is 32.1. The Balaban J connectivity index is 1.39. The fourth-order valence-corrected chi connectivity index (χ4v) is 4.55. The van der Waals surface area contributed by atoms with Crippen LogP contribution in [0.5, 0.6) is 0 Å². The van der Waals surface area contributed by atoms with Gasteiger partial charge < -0.3 is 15.3 Å². The average Bonchev–Trinajstić information content (AvgIpc) is 3.52. The first-order chi connectivity index (χ1) is 14.9. The molecule has 1 aromatic carbocycles. The highest BCUT2D eigenvalue weighted by Crippen LogP contribution is 2.27. The summed E-state index contributed by atoms with van der Waals surface area (Å²) >= 11 is 1.60. The molecule has 1 aliphatic rings. The minimum absolute atomic E-state index is 0.124. The van der Waals surface area contributed by atoms with Crippen LogP contribution in [0.25, 0.3) is 10.4 Å². The molecule has 3 heterocycles. The van der Waals surface area contributed by atoms with Gasteiger partial charge in [0.05, 0.1) is 22.2 Å². The summed E-state index contributed by atoms with van der Waals surface area (Å²) in [5.74, 6) is -0.551. The Hall–Kier alpha value is -3.11. The van der Waals surface area contributed by atoms with E-state index in [0.717, 1.165) is 21.7 Å². The third-order valence-corrected chi connectivity index (χ3v) is 6.46. The van der Waals surface area contributed by atoms with Crippen LogP contribution in [0.15, 0.2) is 42.4 Å². The molecule has 0 spiro atoms. The van der Waals surface area contributed by atoms with E-state index < -0.39 is 18.2 Å². The maximum atomic E-state index is 12.9. The monoisotopic (exact) mass is 440 g/mol. The normalized spacial score (nSPS) is 19.4. The number of hydrogen-bond donors (Lipinski definition) is 2. The Morgan fingerprint density at radius 1 is 1.32 bits per heavy atom. The summed E-state index contributed by atoms with van der Waals surface area (Å²) in [5.41, 5.74) is 4.86. The van der Waals surface area contributed by atoms with E-state index in [1.54, 1.807) is 18.3 Å². The highest BCUT2D eigenvalue weighted by Gasteiger charge is 2.40. The number of benzene rings is 1. The van der Waals surface area contributed by atoms with Crippen LogP contribution in [-0.4, -0.2) is 60.3 Å². The molecule has 3 atom stereocenters. The van der Waals surface area contributed by atoms with Gasteiger partial charge >= 0.3 is 0 Å². The van der Waals surface area contributed by atoms with Gasteiger partial charge in [-0.1, -0.05) is 24.3 Å². The number of aliphatic hydroxyl groups is 1. The number of carbonyl (C=O) groups is 2. The Labute approximate surface area is 183 Å². The lowest BCUT2D eigenvalue weighted by Crippen LogP contribution is -2.47. The smallest absolute Gasteiger partial charge is 0.247 e. The van der Waals surface area contributed by atoms with Crippen LogP contribution in [0.2, 0.25) is 0 Å². The summed E-state index contributed by atoms with van der Waals surface area (Å²) in [4.78, 5) is 36.4. The molecular weight excluding hydrogens is 416 g/mol. The molecule has 3 aromatic rings. The molecule has 0 aliphatic carbocycles. The zero-order chi connectivity index (χ0) is 22.0. The molecule has 10 heteroatoms. The maximum Gasteiger partial charge on any atom is 0.247 e. The molecule has 31 heavy (non-hydrogen) atoms. The van der Waals surface area contributed by atoms with Gasteiger partial charge in [0.15, 0.2) is 0 Å². The van der Waals surface area contributed by atoms with Gasteiger partial charge in [0.2, 0.25) is 11.8 Å². The number of rotatable bonds is 6. The first kappa shape index (κ1) is 21.1. The van der Waals surface area contributed by atoms with Gasteiger partial charge in [0.1, 0.15) is 24.7 Å². The predicted molar refractivity (Wildman–Crippen MR) is 115 cm³/mol. The largest absolute Gasteiger partial charge is 0.391 e. The van der Waals surface area contributed by atoms with E-state index in [-0.39, 0.29) is 24.8 Å². The molecule has 2 amide bonds. The number of aryl methyl sites for hydroxylation is 1. The number of aliphatic hydroxyl groups excluding tert-OH is 1. The summed E-state index contributed by atoms with van der Waals surface area (Å²) in [6.45, 7) is 4.14. The van der Waals surface area contributed by atoms with Gasteiger partial charge in [-0.2, -0.15) is 5.10 Å². The average molecular weight is 441 g/mol. The Morgan fingerprint density at radius 2 is 2.10 bits per heavy atom. The first-order valence-electron chi connectivity index (χ1n) is 10.0. The van der Waals surface area contributed by atoms with Crippen molar-refractivity contribution < 1.29 is 14.7 Å². The summed E-state index contributed by atoms with van der Waals surface area (Å²) in [5, 5.41) is 17.0. The second-order valence-electron chi connectivity index (χ2n) is 7.63. The van der Waals surface area contributed by atoms with Gasteiger partial charge in [0, 0.05) is 19.5 Å². The molecule has 1 fully saturated rings. The fraction of sp³-hybridized carbons (Fsp3) is 0.381. The fourth-order valence-electron chi connectivity index (χ4n) is 3.74. The lowest BCUT2D eigenvalue weighted by molar-refractivity contribution is -0.141. The summed E-state index contributed by atoms with van der Waals surface area (Å²) in [6, 6.07) is 6.63. The van der Waals surface area contributed by atoms with Crippen molar-refractivity contribution >= 4 is 23.2 Å². The SMILES string of the molecule is Cc1ncsc1-c1ccc(CNC(=O)[C@@H]2C[C@@H](O)CN2C(=O)C(C)n2cncn2)cc1. The topological polar surface area (TPSA) is 113 Å². The van der Waals surface area contributed by atoms with Crippen molar-refractivity contribution in [3.8, 4) is 10.4 Å². The molecular formula is C21H24N6O3S. The second-order valence-corrected chi connectivity index (χ2v) is 8.48. The van der Waals surface area contributed by atoms with Crippen molar-refractivity contribution in [2.75, 3.05) is 6.54 Å². The zero-order valence-corrected chi connectivity index (χ0v) is 18.1. The number of carbonyl (C=O) groups excluding carboxylic acids is 2. The van der Waals surface area contributed by atoms with Crippen LogP contribution >= 0.6 is 11.3 Å². The Bertz CT molecular complexity index is 1050. The number of hydrogen-bond acceptors (Lipinski definition) is 7. The van der Waals surface area contributed by atoms with Crippen molar-refractivity contribution in [2.45, 2.75) is 45.0 Å². The summed E-state index contributed by atoms with van der Waals surface area (Å²) in [6.07, 6.45) is 2.30. The molecule has 162 valence electrons. The number of amides is 2. The minimum Gasteiger partial charge on any atom is -0.391 e. The molecule has 4 rings (SSSR count). The van der Waals surface area contributed by atoms with Gasteiger partial charge in [-0.3, -0.25) is 9.59 Å². The molecule has 1 unspecified atom stereocenters. The van der Waals surface area contributed by atoms with Crippen LogP contribution in [0.3, 0.4) is 0 Å². The van der Waals surface area contributed by atoms with E-state index in [1.165, 1.54) is 22.2 Å². The van der Waals surface area contributed by atoms with Crippen molar-refractivity contribution in [3.63, 3.8) is 0 Å². The van der Waals surface area contributed by atoms with Gasteiger partial charge in [0.25, 0.3) is 0 Å². The van der Waals surface area contributed by atoms with Crippen molar-refractivity contribution in [1.82, 2.24) is 30.0 Å². The summed E-state index contributed by atoms with van der Waals surface area (Å²) < 4.78 is 1.44. The Kier molecular flexibility index (Phi) is 6.10. The van der Waals surface area contributed by atoms with E-state index in [0.29, 0.717) is 6.54 Å². The zero-order valence-electron chi connectivity index (χ0n) is 17.3. The van der Waals surface area contributed by atoms with Crippen molar-refractivity contribution in [3.05, 3.63) is 53.7 Å². The number of likely N-dealkylation sites (tertiary alicyclic amines) is 1. The lowest BCUT2D eigenvalue weighted by atomic mass is 10.1.